The van der Waals surface area contributed by atoms with E-state index >= 15 is 0 Å². The number of hydrogen-bond donors (Lipinski definition) is 0. The molecule has 33 heavy (non-hydrogen) atoms. The summed E-state index contributed by atoms with van der Waals surface area (Å²) in [5.74, 6) is 0.584. The lowest BCUT2D eigenvalue weighted by molar-refractivity contribution is -0.122. The molecule has 0 N–H and O–H groups in total. The maximum atomic E-state index is 13.5. The van der Waals surface area contributed by atoms with Gasteiger partial charge in [-0.1, -0.05) is 61.1 Å². The first-order chi connectivity index (χ1) is 15.8. The number of unbranched alkanes of at least 4 members (excludes halogenated alkanes) is 1. The summed E-state index contributed by atoms with van der Waals surface area (Å²) in [5.41, 5.74) is 3.31. The Bertz CT molecular complexity index is 1360. The molecule has 3 heterocycles. The van der Waals surface area contributed by atoms with E-state index in [0.717, 1.165) is 29.5 Å². The van der Waals surface area contributed by atoms with Crippen molar-refractivity contribution in [1.82, 2.24) is 14.3 Å². The Hall–Kier alpha value is -2.97. The molecular formula is C25H25N3O3S2. The Kier molecular flexibility index (Phi) is 6.67. The first-order valence-corrected chi connectivity index (χ1v) is 12.0. The number of hydrogen-bond acceptors (Lipinski definition) is 6. The first kappa shape index (κ1) is 23.2. The quantitative estimate of drug-likeness (QED) is 0.348. The smallest absolute Gasteiger partial charge is 0.269 e. The van der Waals surface area contributed by atoms with Crippen LogP contribution in [0.1, 0.15) is 42.0 Å². The van der Waals surface area contributed by atoms with Crippen LogP contribution in [0, 0.1) is 20.8 Å². The number of carbonyl (C=O) groups excluding carboxylic acids is 1. The number of benzene rings is 1. The molecule has 8 heteroatoms. The average molecular weight is 480 g/mol. The number of aromatic nitrogens is 2. The zero-order valence-corrected chi connectivity index (χ0v) is 20.7. The van der Waals surface area contributed by atoms with Gasteiger partial charge in [0.2, 0.25) is 5.88 Å². The highest BCUT2D eigenvalue weighted by molar-refractivity contribution is 8.26. The van der Waals surface area contributed by atoms with Gasteiger partial charge in [-0.3, -0.25) is 18.9 Å². The number of aryl methyl sites for hydroxylation is 3. The molecule has 0 unspecified atom stereocenters. The van der Waals surface area contributed by atoms with Gasteiger partial charge in [0.15, 0.2) is 0 Å². The molecule has 1 saturated heterocycles. The van der Waals surface area contributed by atoms with Crippen LogP contribution in [0.5, 0.6) is 11.6 Å². The summed E-state index contributed by atoms with van der Waals surface area (Å²) in [4.78, 5) is 33.2. The van der Waals surface area contributed by atoms with Gasteiger partial charge < -0.3 is 4.74 Å². The van der Waals surface area contributed by atoms with Crippen LogP contribution >= 0.6 is 24.0 Å². The van der Waals surface area contributed by atoms with Gasteiger partial charge in [0, 0.05) is 12.7 Å². The minimum atomic E-state index is -0.303. The summed E-state index contributed by atoms with van der Waals surface area (Å²) in [5, 5.41) is 0. The number of pyridine rings is 1. The minimum absolute atomic E-state index is 0.167. The number of ether oxygens (including phenoxy) is 1. The normalized spacial score (nSPS) is 15.2. The Balaban J connectivity index is 1.86. The molecule has 0 spiro atoms. The van der Waals surface area contributed by atoms with Crippen molar-refractivity contribution in [2.75, 3.05) is 6.54 Å². The van der Waals surface area contributed by atoms with Crippen molar-refractivity contribution in [1.29, 1.82) is 0 Å². The molecule has 1 amide bonds. The van der Waals surface area contributed by atoms with E-state index < -0.39 is 0 Å². The Morgan fingerprint density at radius 1 is 1.15 bits per heavy atom. The molecule has 2 aromatic heterocycles. The van der Waals surface area contributed by atoms with Crippen LogP contribution in [-0.2, 0) is 4.79 Å². The van der Waals surface area contributed by atoms with Crippen LogP contribution in [0.25, 0.3) is 11.7 Å². The van der Waals surface area contributed by atoms with E-state index in [0.29, 0.717) is 27.2 Å². The summed E-state index contributed by atoms with van der Waals surface area (Å²) < 4.78 is 8.15. The van der Waals surface area contributed by atoms with Crippen LogP contribution < -0.4 is 10.3 Å². The highest BCUT2D eigenvalue weighted by Crippen LogP contribution is 2.34. The van der Waals surface area contributed by atoms with Gasteiger partial charge in [0.05, 0.1) is 4.91 Å². The molecule has 0 aliphatic carbocycles. The maximum absolute atomic E-state index is 13.5. The molecule has 170 valence electrons. The zero-order chi connectivity index (χ0) is 23.7. The standard InChI is InChI=1S/C25H25N3O3S2/c1-5-6-11-28-24(30)20(33-25(28)32)14-18-22(31-19-10-9-15(2)13-17(19)4)26-21-16(3)8-7-12-27(21)23(18)29/h7-10,12-14H,5-6,11H2,1-4H3/b20-14+. The third-order valence-corrected chi connectivity index (χ3v) is 6.85. The second-order valence-electron chi connectivity index (χ2n) is 8.08. The first-order valence-electron chi connectivity index (χ1n) is 10.8. The van der Waals surface area contributed by atoms with E-state index in [2.05, 4.69) is 11.9 Å². The Morgan fingerprint density at radius 2 is 1.94 bits per heavy atom. The fourth-order valence-corrected chi connectivity index (χ4v) is 4.94. The highest BCUT2D eigenvalue weighted by atomic mass is 32.2. The largest absolute Gasteiger partial charge is 0.438 e. The number of thiocarbonyl (C=S) groups is 1. The second kappa shape index (κ2) is 9.49. The number of rotatable bonds is 6. The van der Waals surface area contributed by atoms with Crippen LogP contribution in [0.4, 0.5) is 0 Å². The maximum Gasteiger partial charge on any atom is 0.269 e. The van der Waals surface area contributed by atoms with E-state index in [4.69, 9.17) is 17.0 Å². The van der Waals surface area contributed by atoms with Gasteiger partial charge in [-0.15, -0.1) is 0 Å². The van der Waals surface area contributed by atoms with Gasteiger partial charge in [-0.25, -0.2) is 0 Å². The lowest BCUT2D eigenvalue weighted by Gasteiger charge is -2.14. The number of amides is 1. The van der Waals surface area contributed by atoms with Crippen molar-refractivity contribution in [2.45, 2.75) is 40.5 Å². The topological polar surface area (TPSA) is 63.9 Å². The van der Waals surface area contributed by atoms with E-state index in [9.17, 15) is 9.59 Å². The molecule has 1 aliphatic rings. The SMILES string of the molecule is CCCCN1C(=O)/C(=C\c2c(Oc3ccc(C)cc3C)nc3c(C)cccn3c2=O)SC1=S. The van der Waals surface area contributed by atoms with E-state index in [1.54, 1.807) is 23.2 Å². The Labute approximate surface area is 202 Å². The minimum Gasteiger partial charge on any atom is -0.438 e. The van der Waals surface area contributed by atoms with Crippen molar-refractivity contribution >= 4 is 45.9 Å². The fraction of sp³-hybridized carbons (Fsp3) is 0.280. The van der Waals surface area contributed by atoms with Crippen molar-refractivity contribution in [3.8, 4) is 11.6 Å². The van der Waals surface area contributed by atoms with Crippen molar-refractivity contribution in [3.05, 3.63) is 74.0 Å². The van der Waals surface area contributed by atoms with E-state index in [1.807, 2.05) is 45.0 Å². The van der Waals surface area contributed by atoms with Gasteiger partial charge in [-0.05, 0) is 56.5 Å². The van der Waals surface area contributed by atoms with Crippen LogP contribution in [0.15, 0.2) is 46.2 Å². The van der Waals surface area contributed by atoms with Crippen LogP contribution in [0.3, 0.4) is 0 Å². The van der Waals surface area contributed by atoms with Gasteiger partial charge in [0.1, 0.15) is 21.3 Å². The summed E-state index contributed by atoms with van der Waals surface area (Å²) in [7, 11) is 0. The molecule has 0 radical (unpaired) electrons. The molecule has 4 rings (SSSR count). The molecule has 3 aromatic rings. The molecule has 1 aliphatic heterocycles. The summed E-state index contributed by atoms with van der Waals surface area (Å²) in [6.45, 7) is 8.47. The molecule has 1 fully saturated rings. The van der Waals surface area contributed by atoms with E-state index in [-0.39, 0.29) is 22.9 Å². The fourth-order valence-electron chi connectivity index (χ4n) is 3.65. The molecule has 1 aromatic carbocycles. The molecule has 0 saturated carbocycles. The predicted molar refractivity (Wildman–Crippen MR) is 137 cm³/mol. The van der Waals surface area contributed by atoms with Crippen LogP contribution in [-0.4, -0.2) is 31.1 Å². The molecule has 0 bridgehead atoms. The number of fused-ring (bicyclic) bond motifs is 1. The third kappa shape index (κ3) is 4.58. The predicted octanol–water partition coefficient (Wildman–Crippen LogP) is 5.41. The lowest BCUT2D eigenvalue weighted by atomic mass is 10.1. The number of carbonyl (C=O) groups is 1. The van der Waals surface area contributed by atoms with Gasteiger partial charge in [0.25, 0.3) is 11.5 Å². The molecular weight excluding hydrogens is 454 g/mol. The molecule has 0 atom stereocenters. The summed E-state index contributed by atoms with van der Waals surface area (Å²) in [6.07, 6.45) is 5.05. The summed E-state index contributed by atoms with van der Waals surface area (Å²) in [6, 6.07) is 9.50. The third-order valence-electron chi connectivity index (χ3n) is 5.47. The van der Waals surface area contributed by atoms with Crippen molar-refractivity contribution < 1.29 is 9.53 Å². The zero-order valence-electron chi connectivity index (χ0n) is 19.0. The summed E-state index contributed by atoms with van der Waals surface area (Å²) >= 11 is 6.62. The van der Waals surface area contributed by atoms with Gasteiger partial charge in [-0.2, -0.15) is 4.98 Å². The number of nitrogens with zero attached hydrogens (tertiary/aromatic N) is 3. The molecule has 6 nitrogen and oxygen atoms in total. The lowest BCUT2D eigenvalue weighted by Crippen LogP contribution is -2.29. The van der Waals surface area contributed by atoms with E-state index in [1.165, 1.54) is 16.2 Å². The average Bonchev–Trinajstić information content (AvgIpc) is 3.04. The highest BCUT2D eigenvalue weighted by Gasteiger charge is 2.32. The monoisotopic (exact) mass is 479 g/mol. The van der Waals surface area contributed by atoms with Crippen LogP contribution in [0.2, 0.25) is 0 Å². The van der Waals surface area contributed by atoms with Gasteiger partial charge >= 0.3 is 0 Å². The van der Waals surface area contributed by atoms with Crippen molar-refractivity contribution in [3.63, 3.8) is 0 Å². The Morgan fingerprint density at radius 3 is 2.67 bits per heavy atom. The van der Waals surface area contributed by atoms with Crippen molar-refractivity contribution in [2.24, 2.45) is 0 Å². The number of thioether (sulfide) groups is 1. The second-order valence-corrected chi connectivity index (χ2v) is 9.75.